The molecule has 3 aliphatic rings. The zero-order valence-electron chi connectivity index (χ0n) is 24.6. The van der Waals surface area contributed by atoms with Gasteiger partial charge in [0.05, 0.1) is 46.9 Å². The Balaban J connectivity index is 1.24. The number of hydrogen-bond acceptors (Lipinski definition) is 6. The van der Waals surface area contributed by atoms with Gasteiger partial charge >= 0.3 is 6.09 Å². The summed E-state index contributed by atoms with van der Waals surface area (Å²) in [4.78, 5) is 30.4. The summed E-state index contributed by atoms with van der Waals surface area (Å²) >= 11 is 12.2. The lowest BCUT2D eigenvalue weighted by molar-refractivity contribution is -0.0228. The van der Waals surface area contributed by atoms with Crippen molar-refractivity contribution in [3.63, 3.8) is 0 Å². The number of morpholine rings is 1. The van der Waals surface area contributed by atoms with E-state index in [1.54, 1.807) is 15.6 Å². The third-order valence-corrected chi connectivity index (χ3v) is 9.06. The molecule has 1 saturated carbocycles. The maximum absolute atomic E-state index is 14.2. The molecule has 2 amide bonds. The number of aryl methyl sites for hydroxylation is 1. The molecule has 12 heteroatoms. The average Bonchev–Trinajstić information content (AvgIpc) is 3.41. The fourth-order valence-corrected chi connectivity index (χ4v) is 6.75. The Morgan fingerprint density at radius 1 is 1.12 bits per heavy atom. The predicted molar refractivity (Wildman–Crippen MR) is 159 cm³/mol. The molecule has 2 saturated heterocycles. The first-order valence-corrected chi connectivity index (χ1v) is 15.2. The molecular formula is C31H34Cl2FN5O4. The highest BCUT2D eigenvalue weighted by molar-refractivity contribution is 6.35. The van der Waals surface area contributed by atoms with Gasteiger partial charge in [0, 0.05) is 29.6 Å². The first-order valence-electron chi connectivity index (χ1n) is 14.5. The molecule has 3 aromatic rings. The zero-order valence-corrected chi connectivity index (χ0v) is 26.1. The van der Waals surface area contributed by atoms with Crippen molar-refractivity contribution in [3.8, 4) is 5.69 Å². The van der Waals surface area contributed by atoms with Crippen LogP contribution in [0.25, 0.3) is 5.69 Å². The quantitative estimate of drug-likeness (QED) is 0.306. The number of halogens is 3. The van der Waals surface area contributed by atoms with E-state index >= 15 is 0 Å². The van der Waals surface area contributed by atoms with Crippen LogP contribution in [0, 0.1) is 12.7 Å². The Morgan fingerprint density at radius 2 is 1.88 bits per heavy atom. The summed E-state index contributed by atoms with van der Waals surface area (Å²) in [6, 6.07) is 8.19. The van der Waals surface area contributed by atoms with Gasteiger partial charge in [-0.1, -0.05) is 34.5 Å². The Hall–Kier alpha value is -3.21. The van der Waals surface area contributed by atoms with Gasteiger partial charge in [0.2, 0.25) is 0 Å². The van der Waals surface area contributed by atoms with Gasteiger partial charge in [-0.2, -0.15) is 0 Å². The van der Waals surface area contributed by atoms with Crippen LogP contribution in [0.3, 0.4) is 0 Å². The van der Waals surface area contributed by atoms with Gasteiger partial charge in [-0.25, -0.2) is 13.9 Å². The van der Waals surface area contributed by atoms with E-state index in [4.69, 9.17) is 32.7 Å². The van der Waals surface area contributed by atoms with Crippen LogP contribution < -0.4 is 0 Å². The van der Waals surface area contributed by atoms with Crippen molar-refractivity contribution in [2.45, 2.75) is 70.1 Å². The van der Waals surface area contributed by atoms with Gasteiger partial charge in [0.15, 0.2) is 0 Å². The van der Waals surface area contributed by atoms with Crippen LogP contribution in [0.1, 0.15) is 79.2 Å². The molecule has 1 spiro atoms. The molecule has 2 aromatic carbocycles. The minimum absolute atomic E-state index is 0.0299. The number of aromatic nitrogens is 3. The summed E-state index contributed by atoms with van der Waals surface area (Å²) < 4.78 is 27.4. The fourth-order valence-electron chi connectivity index (χ4n) is 6.24. The Kier molecular flexibility index (Phi) is 7.67. The van der Waals surface area contributed by atoms with Crippen LogP contribution in [-0.4, -0.2) is 74.2 Å². The van der Waals surface area contributed by atoms with Crippen molar-refractivity contribution in [2.24, 2.45) is 0 Å². The number of hydrogen-bond donors (Lipinski definition) is 0. The normalized spacial score (nSPS) is 21.4. The highest BCUT2D eigenvalue weighted by atomic mass is 35.5. The molecule has 43 heavy (non-hydrogen) atoms. The first-order chi connectivity index (χ1) is 20.4. The number of rotatable bonds is 4. The number of ether oxygens (including phenoxy) is 2. The van der Waals surface area contributed by atoms with Gasteiger partial charge in [-0.05, 0) is 76.8 Å². The standard InChI is InChI=1S/C31H34Cl2FN5O4/c1-18-5-6-19(28(40)37-11-12-42-27(17-37)20-14-24(34)23(33)15-22(20)32)26(13-18)39-16-25(35-36-39)21-7-10-38(31(21)8-9-31)29(41)43-30(2,3)4/h5-6,13-16,21,27H,7-12,17H2,1-4H3. The minimum Gasteiger partial charge on any atom is -0.444 e. The van der Waals surface area contributed by atoms with Gasteiger partial charge in [-0.15, -0.1) is 5.10 Å². The lowest BCUT2D eigenvalue weighted by atomic mass is 9.95. The molecule has 0 N–H and O–H groups in total. The Morgan fingerprint density at radius 3 is 2.60 bits per heavy atom. The van der Waals surface area contributed by atoms with Crippen LogP contribution >= 0.6 is 23.2 Å². The second kappa shape index (κ2) is 11.1. The van der Waals surface area contributed by atoms with E-state index in [-0.39, 0.29) is 46.7 Å². The monoisotopic (exact) mass is 629 g/mol. The van der Waals surface area contributed by atoms with Crippen LogP contribution in [0.15, 0.2) is 36.5 Å². The summed E-state index contributed by atoms with van der Waals surface area (Å²) in [6.07, 6.45) is 3.51. The zero-order chi connectivity index (χ0) is 30.7. The maximum atomic E-state index is 14.2. The number of carbonyl (C=O) groups excluding carboxylic acids is 2. The van der Waals surface area contributed by atoms with Gasteiger partial charge < -0.3 is 19.3 Å². The number of carbonyl (C=O) groups is 2. The van der Waals surface area contributed by atoms with Crippen molar-refractivity contribution in [2.75, 3.05) is 26.2 Å². The second-order valence-electron chi connectivity index (χ2n) is 12.6. The molecule has 0 radical (unpaired) electrons. The summed E-state index contributed by atoms with van der Waals surface area (Å²) in [6.45, 7) is 8.98. The van der Waals surface area contributed by atoms with E-state index in [0.717, 1.165) is 30.5 Å². The molecule has 9 nitrogen and oxygen atoms in total. The predicted octanol–water partition coefficient (Wildman–Crippen LogP) is 6.49. The third kappa shape index (κ3) is 5.72. The summed E-state index contributed by atoms with van der Waals surface area (Å²) in [5.41, 5.74) is 2.38. The molecule has 1 aromatic heterocycles. The molecule has 2 unspecified atom stereocenters. The molecule has 228 valence electrons. The van der Waals surface area contributed by atoms with Gasteiger partial charge in [0.25, 0.3) is 5.91 Å². The molecule has 2 aliphatic heterocycles. The van der Waals surface area contributed by atoms with Crippen molar-refractivity contribution in [1.29, 1.82) is 0 Å². The molecule has 6 rings (SSSR count). The Labute approximate surface area is 259 Å². The lowest BCUT2D eigenvalue weighted by Gasteiger charge is -2.34. The first kappa shape index (κ1) is 29.8. The van der Waals surface area contributed by atoms with E-state index in [0.29, 0.717) is 29.9 Å². The number of amides is 2. The van der Waals surface area contributed by atoms with Crippen molar-refractivity contribution < 1.29 is 23.5 Å². The highest BCUT2D eigenvalue weighted by Crippen LogP contribution is 2.57. The van der Waals surface area contributed by atoms with E-state index < -0.39 is 17.5 Å². The summed E-state index contributed by atoms with van der Waals surface area (Å²) in [7, 11) is 0. The van der Waals surface area contributed by atoms with E-state index in [9.17, 15) is 14.0 Å². The molecule has 2 atom stereocenters. The van der Waals surface area contributed by atoms with Crippen LogP contribution in [0.2, 0.25) is 10.0 Å². The van der Waals surface area contributed by atoms with Crippen molar-refractivity contribution in [1.82, 2.24) is 24.8 Å². The fraction of sp³-hybridized carbons (Fsp3) is 0.484. The van der Waals surface area contributed by atoms with Crippen molar-refractivity contribution in [3.05, 3.63) is 74.8 Å². The van der Waals surface area contributed by atoms with Crippen molar-refractivity contribution >= 4 is 35.2 Å². The third-order valence-electron chi connectivity index (χ3n) is 8.44. The summed E-state index contributed by atoms with van der Waals surface area (Å²) in [5, 5.41) is 9.17. The van der Waals surface area contributed by atoms with Gasteiger partial charge in [-0.3, -0.25) is 4.79 Å². The van der Waals surface area contributed by atoms with E-state index in [1.165, 1.54) is 12.1 Å². The van der Waals surface area contributed by atoms with Crippen LogP contribution in [0.5, 0.6) is 0 Å². The number of benzene rings is 2. The SMILES string of the molecule is Cc1ccc(C(=O)N2CCOC(c3cc(F)c(Cl)cc3Cl)C2)c(-n2cc(C3CCN(C(=O)OC(C)(C)C)C34CC4)nn2)c1. The minimum atomic E-state index is -0.603. The highest BCUT2D eigenvalue weighted by Gasteiger charge is 2.61. The smallest absolute Gasteiger partial charge is 0.410 e. The number of nitrogens with zero attached hydrogens (tertiary/aromatic N) is 5. The molecular weight excluding hydrogens is 596 g/mol. The van der Waals surface area contributed by atoms with Crippen LogP contribution in [0.4, 0.5) is 9.18 Å². The van der Waals surface area contributed by atoms with Gasteiger partial charge in [0.1, 0.15) is 17.5 Å². The van der Waals surface area contributed by atoms with E-state index in [1.807, 2.05) is 50.9 Å². The molecule has 0 bridgehead atoms. The summed E-state index contributed by atoms with van der Waals surface area (Å²) in [5.74, 6) is -0.774. The lowest BCUT2D eigenvalue weighted by Crippen LogP contribution is -2.42. The largest absolute Gasteiger partial charge is 0.444 e. The topological polar surface area (TPSA) is 89.8 Å². The molecule has 3 fully saturated rings. The Bertz CT molecular complexity index is 1580. The van der Waals surface area contributed by atoms with E-state index in [2.05, 4.69) is 10.3 Å². The second-order valence-corrected chi connectivity index (χ2v) is 13.4. The average molecular weight is 631 g/mol. The maximum Gasteiger partial charge on any atom is 0.410 e. The van der Waals surface area contributed by atoms with Crippen LogP contribution in [-0.2, 0) is 9.47 Å². The molecule has 3 heterocycles. The number of likely N-dealkylation sites (tertiary alicyclic amines) is 1. The molecule has 1 aliphatic carbocycles.